The van der Waals surface area contributed by atoms with Gasteiger partial charge in [0.1, 0.15) is 5.75 Å². The molecule has 0 heterocycles. The van der Waals surface area contributed by atoms with E-state index in [0.29, 0.717) is 17.2 Å². The van der Waals surface area contributed by atoms with Gasteiger partial charge in [-0.1, -0.05) is 11.6 Å². The van der Waals surface area contributed by atoms with E-state index < -0.39 is 5.97 Å². The highest BCUT2D eigenvalue weighted by molar-refractivity contribution is 6.30. The fourth-order valence-corrected chi connectivity index (χ4v) is 1.38. The third kappa shape index (κ3) is 2.92. The summed E-state index contributed by atoms with van der Waals surface area (Å²) in [4.78, 5) is 10.4. The summed E-state index contributed by atoms with van der Waals surface area (Å²) in [5, 5.41) is 9.12. The molecule has 1 aromatic rings. The van der Waals surface area contributed by atoms with Crippen molar-refractivity contribution < 1.29 is 14.6 Å². The van der Waals surface area contributed by atoms with E-state index in [2.05, 4.69) is 0 Å². The number of aliphatic carboxylic acids is 1. The van der Waals surface area contributed by atoms with Crippen molar-refractivity contribution in [3.8, 4) is 5.75 Å². The van der Waals surface area contributed by atoms with Crippen molar-refractivity contribution in [1.82, 2.24) is 0 Å². The van der Waals surface area contributed by atoms with Gasteiger partial charge in [0.05, 0.1) is 7.11 Å². The van der Waals surface area contributed by atoms with Crippen LogP contribution in [-0.4, -0.2) is 18.2 Å². The Balaban J connectivity index is 2.82. The van der Waals surface area contributed by atoms with Crippen LogP contribution in [0.2, 0.25) is 5.02 Å². The number of hydrogen-bond acceptors (Lipinski definition) is 2. The highest BCUT2D eigenvalue weighted by atomic mass is 35.5. The maximum Gasteiger partial charge on any atom is 0.303 e. The first-order chi connectivity index (χ1) is 6.63. The maximum atomic E-state index is 10.4. The predicted octanol–water partition coefficient (Wildman–Crippen LogP) is 2.37. The molecular formula is C10H11ClO3. The molecule has 3 nitrogen and oxygen atoms in total. The Morgan fingerprint density at radius 3 is 2.86 bits per heavy atom. The number of hydrogen-bond donors (Lipinski definition) is 1. The van der Waals surface area contributed by atoms with Crippen molar-refractivity contribution >= 4 is 17.6 Å². The number of halogens is 1. The van der Waals surface area contributed by atoms with Crippen LogP contribution in [0.25, 0.3) is 0 Å². The van der Waals surface area contributed by atoms with Crippen LogP contribution < -0.4 is 4.74 Å². The standard InChI is InChI=1S/C10H11ClO3/c1-14-9-4-3-8(11)6-7(9)2-5-10(12)13/h3-4,6H,2,5H2,1H3,(H,12,13). The summed E-state index contributed by atoms with van der Waals surface area (Å²) in [6, 6.07) is 5.17. The number of benzene rings is 1. The maximum absolute atomic E-state index is 10.4. The lowest BCUT2D eigenvalue weighted by molar-refractivity contribution is -0.136. The first-order valence-corrected chi connectivity index (χ1v) is 4.55. The highest BCUT2D eigenvalue weighted by Crippen LogP contribution is 2.23. The van der Waals surface area contributed by atoms with E-state index in [-0.39, 0.29) is 6.42 Å². The first-order valence-electron chi connectivity index (χ1n) is 4.17. The molecule has 4 heteroatoms. The van der Waals surface area contributed by atoms with Crippen LogP contribution in [0.4, 0.5) is 0 Å². The Labute approximate surface area is 87.3 Å². The second-order valence-corrected chi connectivity index (χ2v) is 3.29. The van der Waals surface area contributed by atoms with Crippen molar-refractivity contribution in [3.63, 3.8) is 0 Å². The second-order valence-electron chi connectivity index (χ2n) is 2.85. The van der Waals surface area contributed by atoms with Crippen LogP contribution in [0.15, 0.2) is 18.2 Å². The Morgan fingerprint density at radius 1 is 1.57 bits per heavy atom. The normalized spacial score (nSPS) is 9.86. The average Bonchev–Trinajstić information content (AvgIpc) is 2.15. The highest BCUT2D eigenvalue weighted by Gasteiger charge is 2.05. The Hall–Kier alpha value is -1.22. The zero-order valence-electron chi connectivity index (χ0n) is 7.79. The smallest absolute Gasteiger partial charge is 0.303 e. The van der Waals surface area contributed by atoms with Gasteiger partial charge in [-0.3, -0.25) is 4.79 Å². The minimum atomic E-state index is -0.827. The molecule has 1 N–H and O–H groups in total. The molecule has 0 aliphatic rings. The molecule has 0 aromatic heterocycles. The molecule has 0 radical (unpaired) electrons. The molecule has 14 heavy (non-hydrogen) atoms. The van der Waals surface area contributed by atoms with Gasteiger partial charge in [-0.05, 0) is 30.2 Å². The summed E-state index contributed by atoms with van der Waals surface area (Å²) < 4.78 is 5.08. The SMILES string of the molecule is COc1ccc(Cl)cc1CCC(=O)O. The molecule has 0 saturated heterocycles. The van der Waals surface area contributed by atoms with Crippen molar-refractivity contribution in [2.24, 2.45) is 0 Å². The number of carboxylic acid groups (broad SMARTS) is 1. The largest absolute Gasteiger partial charge is 0.496 e. The summed E-state index contributed by atoms with van der Waals surface area (Å²) in [6.45, 7) is 0. The first kappa shape index (κ1) is 10.9. The molecule has 1 rings (SSSR count). The summed E-state index contributed by atoms with van der Waals surface area (Å²) in [5.74, 6) is -0.150. The zero-order chi connectivity index (χ0) is 10.6. The van der Waals surface area contributed by atoms with Gasteiger partial charge < -0.3 is 9.84 Å². The topological polar surface area (TPSA) is 46.5 Å². The summed E-state index contributed by atoms with van der Waals surface area (Å²) >= 11 is 5.79. The van der Waals surface area contributed by atoms with Crippen molar-refractivity contribution in [1.29, 1.82) is 0 Å². The van der Waals surface area contributed by atoms with Gasteiger partial charge >= 0.3 is 5.97 Å². The molecule has 0 atom stereocenters. The molecule has 76 valence electrons. The van der Waals surface area contributed by atoms with Gasteiger partial charge in [-0.15, -0.1) is 0 Å². The fourth-order valence-electron chi connectivity index (χ4n) is 1.18. The molecular weight excluding hydrogens is 204 g/mol. The van der Waals surface area contributed by atoms with E-state index in [1.54, 1.807) is 25.3 Å². The molecule has 1 aromatic carbocycles. The fraction of sp³-hybridized carbons (Fsp3) is 0.300. The molecule has 0 unspecified atom stereocenters. The summed E-state index contributed by atoms with van der Waals surface area (Å²) in [5.41, 5.74) is 0.822. The molecule has 0 aliphatic carbocycles. The predicted molar refractivity (Wildman–Crippen MR) is 54.0 cm³/mol. The van der Waals surface area contributed by atoms with Gasteiger partial charge in [0.15, 0.2) is 0 Å². The Morgan fingerprint density at radius 2 is 2.29 bits per heavy atom. The number of carbonyl (C=O) groups is 1. The lowest BCUT2D eigenvalue weighted by Gasteiger charge is -2.07. The van der Waals surface area contributed by atoms with Gasteiger partial charge in [0, 0.05) is 11.4 Å². The van der Waals surface area contributed by atoms with E-state index in [1.807, 2.05) is 0 Å². The molecule has 0 bridgehead atoms. The van der Waals surface area contributed by atoms with Crippen molar-refractivity contribution in [3.05, 3.63) is 28.8 Å². The van der Waals surface area contributed by atoms with Crippen LogP contribution in [0.5, 0.6) is 5.75 Å². The molecule has 0 saturated carbocycles. The van der Waals surface area contributed by atoms with Crippen LogP contribution in [0, 0.1) is 0 Å². The monoisotopic (exact) mass is 214 g/mol. The van der Waals surface area contributed by atoms with Crippen LogP contribution in [0.1, 0.15) is 12.0 Å². The van der Waals surface area contributed by atoms with Crippen molar-refractivity contribution in [2.45, 2.75) is 12.8 Å². The van der Waals surface area contributed by atoms with E-state index >= 15 is 0 Å². The van der Waals surface area contributed by atoms with Gasteiger partial charge in [0.25, 0.3) is 0 Å². The Bertz CT molecular complexity index is 336. The average molecular weight is 215 g/mol. The van der Waals surface area contributed by atoms with E-state index in [1.165, 1.54) is 0 Å². The van der Waals surface area contributed by atoms with E-state index in [9.17, 15) is 4.79 Å². The molecule has 0 amide bonds. The quantitative estimate of drug-likeness (QED) is 0.837. The number of methoxy groups -OCH3 is 1. The number of aryl methyl sites for hydroxylation is 1. The van der Waals surface area contributed by atoms with Crippen LogP contribution in [-0.2, 0) is 11.2 Å². The van der Waals surface area contributed by atoms with E-state index in [0.717, 1.165) is 5.56 Å². The second kappa shape index (κ2) is 4.86. The summed E-state index contributed by atoms with van der Waals surface area (Å²) in [7, 11) is 1.55. The van der Waals surface area contributed by atoms with E-state index in [4.69, 9.17) is 21.4 Å². The van der Waals surface area contributed by atoms with Crippen LogP contribution >= 0.6 is 11.6 Å². The lowest BCUT2D eigenvalue weighted by atomic mass is 10.1. The molecule has 0 fully saturated rings. The third-order valence-electron chi connectivity index (χ3n) is 1.85. The lowest BCUT2D eigenvalue weighted by Crippen LogP contribution is -1.99. The number of ether oxygens (including phenoxy) is 1. The third-order valence-corrected chi connectivity index (χ3v) is 2.09. The van der Waals surface area contributed by atoms with Gasteiger partial charge in [0.2, 0.25) is 0 Å². The van der Waals surface area contributed by atoms with Crippen LogP contribution in [0.3, 0.4) is 0 Å². The molecule has 0 aliphatic heterocycles. The zero-order valence-corrected chi connectivity index (χ0v) is 8.54. The number of rotatable bonds is 4. The van der Waals surface area contributed by atoms with Gasteiger partial charge in [-0.25, -0.2) is 0 Å². The van der Waals surface area contributed by atoms with Crippen molar-refractivity contribution in [2.75, 3.05) is 7.11 Å². The van der Waals surface area contributed by atoms with Gasteiger partial charge in [-0.2, -0.15) is 0 Å². The Kier molecular flexibility index (Phi) is 3.77. The minimum Gasteiger partial charge on any atom is -0.496 e. The minimum absolute atomic E-state index is 0.0801. The summed E-state index contributed by atoms with van der Waals surface area (Å²) in [6.07, 6.45) is 0.510. The molecule has 0 spiro atoms. The number of carboxylic acids is 1.